The first-order valence-corrected chi connectivity index (χ1v) is 6.05. The summed E-state index contributed by atoms with van der Waals surface area (Å²) in [7, 11) is 0. The normalized spacial score (nSPS) is 17.7. The van der Waals surface area contributed by atoms with Crippen LogP contribution in [0, 0.1) is 5.82 Å². The highest BCUT2D eigenvalue weighted by atomic mass is 19.1. The van der Waals surface area contributed by atoms with E-state index in [0.717, 1.165) is 18.5 Å². The zero-order chi connectivity index (χ0) is 11.8. The van der Waals surface area contributed by atoms with Gasteiger partial charge in [-0.05, 0) is 18.9 Å². The van der Waals surface area contributed by atoms with Crippen molar-refractivity contribution in [2.75, 3.05) is 5.73 Å². The highest BCUT2D eigenvalue weighted by molar-refractivity contribution is 5.49. The van der Waals surface area contributed by atoms with Crippen molar-refractivity contribution in [2.45, 2.75) is 38.0 Å². The summed E-state index contributed by atoms with van der Waals surface area (Å²) in [5, 5.41) is 4.11. The summed E-state index contributed by atoms with van der Waals surface area (Å²) in [6.07, 6.45) is 7.36. The molecule has 1 aliphatic carbocycles. The molecular formula is C12H15FN4. The van der Waals surface area contributed by atoms with Crippen LogP contribution in [0.1, 0.15) is 43.7 Å². The van der Waals surface area contributed by atoms with Crippen LogP contribution < -0.4 is 5.73 Å². The van der Waals surface area contributed by atoms with E-state index in [1.807, 2.05) is 0 Å². The Bertz CT molecular complexity index is 543. The van der Waals surface area contributed by atoms with E-state index in [9.17, 15) is 4.39 Å². The summed E-state index contributed by atoms with van der Waals surface area (Å²) >= 11 is 0. The van der Waals surface area contributed by atoms with Crippen molar-refractivity contribution in [1.82, 2.24) is 14.6 Å². The zero-order valence-corrected chi connectivity index (χ0v) is 9.56. The number of hydrogen-bond acceptors (Lipinski definition) is 3. The minimum Gasteiger partial charge on any atom is -0.367 e. The number of nitrogen functional groups attached to an aromatic ring is 1. The molecule has 0 aromatic carbocycles. The van der Waals surface area contributed by atoms with E-state index in [0.29, 0.717) is 11.4 Å². The van der Waals surface area contributed by atoms with E-state index in [2.05, 4.69) is 10.1 Å². The second kappa shape index (κ2) is 3.98. The van der Waals surface area contributed by atoms with Crippen molar-refractivity contribution in [2.24, 2.45) is 0 Å². The molecule has 2 aromatic rings. The summed E-state index contributed by atoms with van der Waals surface area (Å²) in [4.78, 5) is 3.83. The van der Waals surface area contributed by atoms with Gasteiger partial charge in [0.05, 0.1) is 6.20 Å². The van der Waals surface area contributed by atoms with Crippen molar-refractivity contribution in [1.29, 1.82) is 0 Å². The zero-order valence-electron chi connectivity index (χ0n) is 9.56. The molecule has 0 aliphatic heterocycles. The summed E-state index contributed by atoms with van der Waals surface area (Å²) in [5.41, 5.74) is 6.92. The van der Waals surface area contributed by atoms with Gasteiger partial charge in [-0.25, -0.2) is 13.9 Å². The molecule has 0 spiro atoms. The first-order valence-electron chi connectivity index (χ1n) is 6.05. The van der Waals surface area contributed by atoms with Crippen LogP contribution in [-0.4, -0.2) is 14.6 Å². The number of halogens is 1. The van der Waals surface area contributed by atoms with Crippen LogP contribution in [0.15, 0.2) is 12.3 Å². The summed E-state index contributed by atoms with van der Waals surface area (Å²) in [6.45, 7) is 0. The van der Waals surface area contributed by atoms with Gasteiger partial charge in [0.25, 0.3) is 0 Å². The Morgan fingerprint density at radius 3 is 2.82 bits per heavy atom. The quantitative estimate of drug-likeness (QED) is 0.824. The van der Waals surface area contributed by atoms with Crippen LogP contribution in [0.4, 0.5) is 10.3 Å². The average molecular weight is 234 g/mol. The Labute approximate surface area is 98.6 Å². The van der Waals surface area contributed by atoms with Crippen LogP contribution in [0.2, 0.25) is 0 Å². The number of nitrogens with two attached hydrogens (primary N) is 1. The third-order valence-electron chi connectivity index (χ3n) is 3.54. The molecule has 0 radical (unpaired) electrons. The van der Waals surface area contributed by atoms with Crippen molar-refractivity contribution in [3.63, 3.8) is 0 Å². The molecule has 1 fully saturated rings. The number of aromatic nitrogens is 3. The molecule has 2 aromatic heterocycles. The fraction of sp³-hybridized carbons (Fsp3) is 0.500. The Morgan fingerprint density at radius 2 is 2.06 bits per heavy atom. The second-order valence-corrected chi connectivity index (χ2v) is 4.67. The van der Waals surface area contributed by atoms with Crippen molar-refractivity contribution < 1.29 is 4.39 Å². The molecule has 17 heavy (non-hydrogen) atoms. The molecule has 3 rings (SSSR count). The molecular weight excluding hydrogens is 219 g/mol. The minimum absolute atomic E-state index is 0.185. The Morgan fingerprint density at radius 1 is 1.29 bits per heavy atom. The number of rotatable bonds is 1. The number of nitrogens with zero attached hydrogens (tertiary/aromatic N) is 3. The summed E-state index contributed by atoms with van der Waals surface area (Å²) in [6, 6.07) is 1.58. The van der Waals surface area contributed by atoms with Gasteiger partial charge in [0.1, 0.15) is 5.52 Å². The molecule has 0 atom stereocenters. The van der Waals surface area contributed by atoms with Crippen molar-refractivity contribution >= 4 is 11.5 Å². The van der Waals surface area contributed by atoms with Crippen LogP contribution in [0.25, 0.3) is 5.52 Å². The van der Waals surface area contributed by atoms with E-state index in [1.54, 1.807) is 10.6 Å². The molecule has 5 heteroatoms. The second-order valence-electron chi connectivity index (χ2n) is 4.67. The average Bonchev–Trinajstić information content (AvgIpc) is 2.67. The molecule has 4 nitrogen and oxygen atoms in total. The van der Waals surface area contributed by atoms with Gasteiger partial charge >= 0.3 is 0 Å². The third-order valence-corrected chi connectivity index (χ3v) is 3.54. The molecule has 0 saturated heterocycles. The van der Waals surface area contributed by atoms with Crippen molar-refractivity contribution in [3.05, 3.63) is 23.8 Å². The predicted octanol–water partition coefficient (Wildman–Crippen LogP) is 2.50. The number of anilines is 1. The first-order chi connectivity index (χ1) is 8.25. The number of fused-ring (bicyclic) bond motifs is 1. The lowest BCUT2D eigenvalue weighted by Crippen LogP contribution is -2.10. The smallest absolute Gasteiger partial charge is 0.238 e. The molecule has 0 amide bonds. The molecule has 2 N–H and O–H groups in total. The lowest BCUT2D eigenvalue weighted by molar-refractivity contribution is 0.431. The number of hydrogen-bond donors (Lipinski definition) is 1. The van der Waals surface area contributed by atoms with Crippen LogP contribution in [-0.2, 0) is 0 Å². The molecule has 0 bridgehead atoms. The highest BCUT2D eigenvalue weighted by Gasteiger charge is 2.21. The van der Waals surface area contributed by atoms with Gasteiger partial charge < -0.3 is 5.73 Å². The van der Waals surface area contributed by atoms with E-state index >= 15 is 0 Å². The van der Waals surface area contributed by atoms with Crippen LogP contribution in [0.3, 0.4) is 0 Å². The van der Waals surface area contributed by atoms with Gasteiger partial charge in [0.2, 0.25) is 5.95 Å². The van der Waals surface area contributed by atoms with Gasteiger partial charge in [-0.2, -0.15) is 0 Å². The lowest BCUT2D eigenvalue weighted by Gasteiger charge is -2.20. The molecule has 1 saturated carbocycles. The van der Waals surface area contributed by atoms with Crippen molar-refractivity contribution in [3.8, 4) is 0 Å². The van der Waals surface area contributed by atoms with Gasteiger partial charge in [-0.15, -0.1) is 5.10 Å². The molecule has 0 unspecified atom stereocenters. The van der Waals surface area contributed by atoms with E-state index in [4.69, 9.17) is 5.73 Å². The monoisotopic (exact) mass is 234 g/mol. The maximum atomic E-state index is 13.8. The van der Waals surface area contributed by atoms with E-state index in [1.165, 1.54) is 25.5 Å². The Hall–Kier alpha value is -1.65. The van der Waals surface area contributed by atoms with E-state index < -0.39 is 0 Å². The predicted molar refractivity (Wildman–Crippen MR) is 63.2 cm³/mol. The maximum Gasteiger partial charge on any atom is 0.238 e. The molecule has 90 valence electrons. The van der Waals surface area contributed by atoms with Gasteiger partial charge in [-0.1, -0.05) is 19.3 Å². The van der Waals surface area contributed by atoms with Gasteiger partial charge in [0, 0.05) is 11.6 Å². The topological polar surface area (TPSA) is 56.2 Å². The highest BCUT2D eigenvalue weighted by Crippen LogP contribution is 2.33. The largest absolute Gasteiger partial charge is 0.367 e. The van der Waals surface area contributed by atoms with E-state index in [-0.39, 0.29) is 11.8 Å². The fourth-order valence-corrected chi connectivity index (χ4v) is 2.68. The first kappa shape index (κ1) is 10.5. The Balaban J connectivity index is 2.11. The van der Waals surface area contributed by atoms with Crippen LogP contribution >= 0.6 is 0 Å². The lowest BCUT2D eigenvalue weighted by atomic mass is 9.87. The summed E-state index contributed by atoms with van der Waals surface area (Å²) < 4.78 is 15.4. The third kappa shape index (κ3) is 1.75. The summed E-state index contributed by atoms with van der Waals surface area (Å²) in [5.74, 6) is 0.325. The maximum absolute atomic E-state index is 13.8. The van der Waals surface area contributed by atoms with Gasteiger partial charge in [0.15, 0.2) is 5.82 Å². The fourth-order valence-electron chi connectivity index (χ4n) is 2.68. The minimum atomic E-state index is -0.259. The SMILES string of the molecule is Nc1ncc2c(F)cc(C3CCCCC3)n2n1. The molecule has 2 heterocycles. The van der Waals surface area contributed by atoms with Gasteiger partial charge in [-0.3, -0.25) is 0 Å². The Kier molecular flexibility index (Phi) is 2.46. The standard InChI is InChI=1S/C12H15FN4/c13-9-6-10(8-4-2-1-3-5-8)17-11(9)7-15-12(14)16-17/h6-8H,1-5H2,(H2,14,16). The molecule has 1 aliphatic rings. The van der Waals surface area contributed by atoms with Crippen LogP contribution in [0.5, 0.6) is 0 Å².